The lowest BCUT2D eigenvalue weighted by atomic mass is 10.00. The van der Waals surface area contributed by atoms with E-state index in [2.05, 4.69) is 22.9 Å². The molecule has 106 valence electrons. The summed E-state index contributed by atoms with van der Waals surface area (Å²) in [6, 6.07) is 5.19. The third-order valence-corrected chi connectivity index (χ3v) is 5.71. The minimum Gasteiger partial charge on any atom is -0.274 e. The third-order valence-electron chi connectivity index (χ3n) is 4.47. The Bertz CT molecular complexity index is 565. The van der Waals surface area contributed by atoms with Crippen LogP contribution in [0.15, 0.2) is 22.7 Å². The second-order valence-corrected chi connectivity index (χ2v) is 6.83. The molecule has 2 atom stereocenters. The average Bonchev–Trinajstić information content (AvgIpc) is 2.94. The number of carbonyl (C=O) groups excluding carboxylic acids is 2. The number of nitrogens with zero attached hydrogens (tertiary/aromatic N) is 1. The lowest BCUT2D eigenvalue weighted by Crippen LogP contribution is -2.32. The summed E-state index contributed by atoms with van der Waals surface area (Å²) >= 11 is 9.37. The van der Waals surface area contributed by atoms with Crippen molar-refractivity contribution >= 4 is 45.0 Å². The fraction of sp³-hybridized carbons (Fsp3) is 0.467. The lowest BCUT2D eigenvalue weighted by molar-refractivity contribution is -0.123. The van der Waals surface area contributed by atoms with Gasteiger partial charge in [0, 0.05) is 4.47 Å². The Morgan fingerprint density at radius 3 is 2.35 bits per heavy atom. The molecule has 3 rings (SSSR count). The van der Waals surface area contributed by atoms with E-state index >= 15 is 0 Å². The molecule has 1 aromatic rings. The van der Waals surface area contributed by atoms with Gasteiger partial charge in [0.25, 0.3) is 0 Å². The molecular weight excluding hydrogens is 342 g/mol. The van der Waals surface area contributed by atoms with Gasteiger partial charge in [0.05, 0.1) is 22.5 Å². The van der Waals surface area contributed by atoms with E-state index in [9.17, 15) is 9.59 Å². The Kier molecular flexibility index (Phi) is 3.63. The van der Waals surface area contributed by atoms with Gasteiger partial charge in [0.15, 0.2) is 0 Å². The fourth-order valence-corrected chi connectivity index (χ4v) is 3.76. The quantitative estimate of drug-likeness (QED) is 0.750. The van der Waals surface area contributed by atoms with Crippen LogP contribution in [0.1, 0.15) is 26.2 Å². The molecule has 2 amide bonds. The molecule has 0 N–H and O–H groups in total. The summed E-state index contributed by atoms with van der Waals surface area (Å²) in [6.45, 7) is 2.12. The van der Waals surface area contributed by atoms with Crippen LogP contribution in [0.3, 0.4) is 0 Å². The molecule has 1 aromatic carbocycles. The van der Waals surface area contributed by atoms with Crippen LogP contribution in [-0.2, 0) is 9.59 Å². The monoisotopic (exact) mass is 355 g/mol. The molecule has 1 saturated carbocycles. The predicted molar refractivity (Wildman–Crippen MR) is 81.6 cm³/mol. The Morgan fingerprint density at radius 2 is 1.85 bits per heavy atom. The summed E-state index contributed by atoms with van der Waals surface area (Å²) in [4.78, 5) is 26.3. The van der Waals surface area contributed by atoms with E-state index < -0.39 is 0 Å². The summed E-state index contributed by atoms with van der Waals surface area (Å²) < 4.78 is 0.758. The molecule has 2 aliphatic rings. The van der Waals surface area contributed by atoms with Crippen LogP contribution < -0.4 is 4.90 Å². The highest BCUT2D eigenvalue weighted by Crippen LogP contribution is 2.45. The van der Waals surface area contributed by atoms with Gasteiger partial charge in [0.2, 0.25) is 11.8 Å². The first-order valence-electron chi connectivity index (χ1n) is 6.85. The standard InChI is InChI=1S/C15H15BrClNO2/c1-2-8-5-10-11(6-8)15(20)18(14(10)19)9-3-4-12(16)13(17)7-9/h3-4,7-8,10-11H,2,5-6H2,1H3. The van der Waals surface area contributed by atoms with Crippen molar-refractivity contribution in [2.45, 2.75) is 26.2 Å². The zero-order valence-electron chi connectivity index (χ0n) is 11.1. The molecule has 1 aliphatic heterocycles. The van der Waals surface area contributed by atoms with E-state index in [1.807, 2.05) is 0 Å². The van der Waals surface area contributed by atoms with Crippen LogP contribution in [0.2, 0.25) is 5.02 Å². The van der Waals surface area contributed by atoms with Crippen LogP contribution in [0.4, 0.5) is 5.69 Å². The lowest BCUT2D eigenvalue weighted by Gasteiger charge is -2.18. The van der Waals surface area contributed by atoms with Gasteiger partial charge in [-0.3, -0.25) is 14.5 Å². The Hall–Kier alpha value is -0.870. The molecule has 0 aromatic heterocycles. The van der Waals surface area contributed by atoms with Crippen molar-refractivity contribution in [3.8, 4) is 0 Å². The number of benzene rings is 1. The van der Waals surface area contributed by atoms with Crippen molar-refractivity contribution in [2.24, 2.45) is 17.8 Å². The van der Waals surface area contributed by atoms with Crippen LogP contribution in [0, 0.1) is 17.8 Å². The molecule has 3 nitrogen and oxygen atoms in total. The molecule has 1 saturated heterocycles. The topological polar surface area (TPSA) is 37.4 Å². The van der Waals surface area contributed by atoms with Gasteiger partial charge in [-0.15, -0.1) is 0 Å². The number of hydrogen-bond donors (Lipinski definition) is 0. The van der Waals surface area contributed by atoms with Crippen molar-refractivity contribution in [1.82, 2.24) is 0 Å². The Labute approximate surface area is 131 Å². The van der Waals surface area contributed by atoms with Gasteiger partial charge in [-0.1, -0.05) is 24.9 Å². The van der Waals surface area contributed by atoms with Crippen LogP contribution in [-0.4, -0.2) is 11.8 Å². The minimum atomic E-state index is -0.130. The minimum absolute atomic E-state index is 0.0608. The van der Waals surface area contributed by atoms with Crippen molar-refractivity contribution < 1.29 is 9.59 Å². The zero-order valence-corrected chi connectivity index (χ0v) is 13.4. The highest BCUT2D eigenvalue weighted by molar-refractivity contribution is 9.10. The normalized spacial score (nSPS) is 29.1. The maximum absolute atomic E-state index is 12.5. The smallest absolute Gasteiger partial charge is 0.237 e. The fourth-order valence-electron chi connectivity index (χ4n) is 3.34. The molecule has 0 radical (unpaired) electrons. The molecule has 2 fully saturated rings. The Morgan fingerprint density at radius 1 is 1.25 bits per heavy atom. The van der Waals surface area contributed by atoms with E-state index in [0.717, 1.165) is 23.7 Å². The van der Waals surface area contributed by atoms with Gasteiger partial charge in [0.1, 0.15) is 0 Å². The van der Waals surface area contributed by atoms with Gasteiger partial charge < -0.3 is 0 Å². The number of anilines is 1. The molecule has 0 spiro atoms. The van der Waals surface area contributed by atoms with Gasteiger partial charge >= 0.3 is 0 Å². The summed E-state index contributed by atoms with van der Waals surface area (Å²) in [5.41, 5.74) is 0.579. The van der Waals surface area contributed by atoms with Gasteiger partial charge in [-0.05, 0) is 52.9 Å². The second-order valence-electron chi connectivity index (χ2n) is 5.57. The van der Waals surface area contributed by atoms with Crippen molar-refractivity contribution in [3.05, 3.63) is 27.7 Å². The number of halogens is 2. The number of imide groups is 1. The van der Waals surface area contributed by atoms with E-state index in [4.69, 9.17) is 11.6 Å². The molecule has 2 unspecified atom stereocenters. The predicted octanol–water partition coefficient (Wildman–Crippen LogP) is 4.03. The number of fused-ring (bicyclic) bond motifs is 1. The van der Waals surface area contributed by atoms with E-state index in [1.54, 1.807) is 18.2 Å². The highest BCUT2D eigenvalue weighted by atomic mass is 79.9. The first kappa shape index (κ1) is 14.1. The maximum atomic E-state index is 12.5. The summed E-state index contributed by atoms with van der Waals surface area (Å²) in [5, 5.41) is 0.506. The number of hydrogen-bond acceptors (Lipinski definition) is 2. The van der Waals surface area contributed by atoms with Crippen LogP contribution in [0.25, 0.3) is 0 Å². The molecule has 1 heterocycles. The van der Waals surface area contributed by atoms with Crippen molar-refractivity contribution in [1.29, 1.82) is 0 Å². The summed E-state index contributed by atoms with van der Waals surface area (Å²) in [7, 11) is 0. The largest absolute Gasteiger partial charge is 0.274 e. The zero-order chi connectivity index (χ0) is 14.4. The van der Waals surface area contributed by atoms with E-state index in [-0.39, 0.29) is 23.7 Å². The van der Waals surface area contributed by atoms with Crippen molar-refractivity contribution in [2.75, 3.05) is 4.90 Å². The summed E-state index contributed by atoms with van der Waals surface area (Å²) in [5.74, 6) is 0.127. The summed E-state index contributed by atoms with van der Waals surface area (Å²) in [6.07, 6.45) is 2.72. The first-order valence-corrected chi connectivity index (χ1v) is 8.03. The molecule has 20 heavy (non-hydrogen) atoms. The number of rotatable bonds is 2. The number of amides is 2. The molecule has 5 heteroatoms. The van der Waals surface area contributed by atoms with Crippen LogP contribution >= 0.6 is 27.5 Å². The third kappa shape index (κ3) is 2.09. The maximum Gasteiger partial charge on any atom is 0.237 e. The first-order chi connectivity index (χ1) is 9.52. The average molecular weight is 357 g/mol. The van der Waals surface area contributed by atoms with Crippen LogP contribution in [0.5, 0.6) is 0 Å². The second kappa shape index (κ2) is 5.15. The Balaban J connectivity index is 1.91. The molecular formula is C15H15BrClNO2. The van der Waals surface area contributed by atoms with Crippen molar-refractivity contribution in [3.63, 3.8) is 0 Å². The highest BCUT2D eigenvalue weighted by Gasteiger charge is 2.52. The van der Waals surface area contributed by atoms with Gasteiger partial charge in [-0.25, -0.2) is 0 Å². The number of carbonyl (C=O) groups is 2. The molecule has 0 bridgehead atoms. The molecule has 1 aliphatic carbocycles. The SMILES string of the molecule is CCC1CC2C(=O)N(c3ccc(Br)c(Cl)c3)C(=O)C2C1. The van der Waals surface area contributed by atoms with Gasteiger partial charge in [-0.2, -0.15) is 0 Å². The van der Waals surface area contributed by atoms with E-state index in [0.29, 0.717) is 16.6 Å². The van der Waals surface area contributed by atoms with E-state index in [1.165, 1.54) is 4.90 Å².